The van der Waals surface area contributed by atoms with Crippen LogP contribution >= 0.6 is 0 Å². The van der Waals surface area contributed by atoms with Crippen molar-refractivity contribution < 1.29 is 14.3 Å². The van der Waals surface area contributed by atoms with E-state index in [1.54, 1.807) is 14.2 Å². The second-order valence-corrected chi connectivity index (χ2v) is 3.41. The molecule has 0 saturated heterocycles. The molecular formula is C12H16O3. The summed E-state index contributed by atoms with van der Waals surface area (Å²) in [5.74, 6) is -0.921. The van der Waals surface area contributed by atoms with E-state index >= 15 is 0 Å². The van der Waals surface area contributed by atoms with Crippen LogP contribution in [-0.2, 0) is 20.1 Å². The standard InChI is InChI=1S/C12H16O3/c1-10(13)9-12(14-2,15-3)11-7-5-4-6-8-11/h4-8H,9H2,1-3H3. The molecule has 0 aliphatic rings. The average Bonchev–Trinajstić information content (AvgIpc) is 2.27. The van der Waals surface area contributed by atoms with Crippen molar-refractivity contribution in [2.75, 3.05) is 14.2 Å². The van der Waals surface area contributed by atoms with Crippen LogP contribution < -0.4 is 0 Å². The van der Waals surface area contributed by atoms with Gasteiger partial charge in [-0.05, 0) is 6.92 Å². The van der Waals surface area contributed by atoms with E-state index < -0.39 is 5.79 Å². The minimum atomic E-state index is -0.951. The Morgan fingerprint density at radius 1 is 1.20 bits per heavy atom. The molecule has 0 heterocycles. The summed E-state index contributed by atoms with van der Waals surface area (Å²) in [6.45, 7) is 1.52. The summed E-state index contributed by atoms with van der Waals surface area (Å²) in [7, 11) is 3.08. The van der Waals surface area contributed by atoms with Crippen molar-refractivity contribution in [1.82, 2.24) is 0 Å². The van der Waals surface area contributed by atoms with Crippen LogP contribution in [0.1, 0.15) is 18.9 Å². The van der Waals surface area contributed by atoms with Gasteiger partial charge >= 0.3 is 0 Å². The van der Waals surface area contributed by atoms with Crippen LogP contribution in [0.3, 0.4) is 0 Å². The van der Waals surface area contributed by atoms with E-state index in [0.717, 1.165) is 5.56 Å². The molecule has 1 aromatic rings. The number of Topliss-reactive ketones (excluding diaryl/α,β-unsaturated/α-hetero) is 1. The summed E-state index contributed by atoms with van der Waals surface area (Å²) >= 11 is 0. The first-order chi connectivity index (χ1) is 7.14. The highest BCUT2D eigenvalue weighted by Crippen LogP contribution is 2.29. The fourth-order valence-corrected chi connectivity index (χ4v) is 1.59. The smallest absolute Gasteiger partial charge is 0.201 e. The molecule has 0 amide bonds. The maximum Gasteiger partial charge on any atom is 0.201 e. The molecule has 0 radical (unpaired) electrons. The molecule has 0 unspecified atom stereocenters. The molecule has 3 nitrogen and oxygen atoms in total. The minimum absolute atomic E-state index is 0.0301. The summed E-state index contributed by atoms with van der Waals surface area (Å²) in [5.41, 5.74) is 0.852. The van der Waals surface area contributed by atoms with Gasteiger partial charge in [-0.25, -0.2) is 0 Å². The van der Waals surface area contributed by atoms with E-state index in [-0.39, 0.29) is 12.2 Å². The second kappa shape index (κ2) is 5.05. The summed E-state index contributed by atoms with van der Waals surface area (Å²) < 4.78 is 10.7. The highest BCUT2D eigenvalue weighted by Gasteiger charge is 2.33. The number of hydrogen-bond acceptors (Lipinski definition) is 3. The Morgan fingerprint density at radius 3 is 2.13 bits per heavy atom. The van der Waals surface area contributed by atoms with Crippen molar-refractivity contribution in [3.8, 4) is 0 Å². The zero-order valence-corrected chi connectivity index (χ0v) is 9.32. The van der Waals surface area contributed by atoms with Crippen LogP contribution in [0.2, 0.25) is 0 Å². The van der Waals surface area contributed by atoms with E-state index in [0.29, 0.717) is 0 Å². The van der Waals surface area contributed by atoms with Gasteiger partial charge in [-0.3, -0.25) is 4.79 Å². The summed E-state index contributed by atoms with van der Waals surface area (Å²) in [4.78, 5) is 11.2. The molecule has 3 heteroatoms. The van der Waals surface area contributed by atoms with Crippen LogP contribution in [0.15, 0.2) is 30.3 Å². The van der Waals surface area contributed by atoms with Gasteiger partial charge < -0.3 is 9.47 Å². The first kappa shape index (κ1) is 11.9. The van der Waals surface area contributed by atoms with Crippen LogP contribution in [0.25, 0.3) is 0 Å². The Morgan fingerprint density at radius 2 is 1.73 bits per heavy atom. The van der Waals surface area contributed by atoms with E-state index in [2.05, 4.69) is 0 Å². The Balaban J connectivity index is 3.05. The number of carbonyl (C=O) groups is 1. The first-order valence-corrected chi connectivity index (χ1v) is 4.80. The predicted molar refractivity (Wildman–Crippen MR) is 57.4 cm³/mol. The summed E-state index contributed by atoms with van der Waals surface area (Å²) in [6, 6.07) is 9.46. The molecule has 1 aromatic carbocycles. The normalized spacial score (nSPS) is 11.4. The van der Waals surface area contributed by atoms with E-state index in [1.165, 1.54) is 6.92 Å². The lowest BCUT2D eigenvalue weighted by Crippen LogP contribution is -2.33. The van der Waals surface area contributed by atoms with Gasteiger partial charge in [0.25, 0.3) is 0 Å². The lowest BCUT2D eigenvalue weighted by molar-refractivity contribution is -0.218. The molecule has 82 valence electrons. The molecular weight excluding hydrogens is 192 g/mol. The molecule has 0 spiro atoms. The Kier molecular flexibility index (Phi) is 4.00. The zero-order chi connectivity index (χ0) is 11.3. The first-order valence-electron chi connectivity index (χ1n) is 4.80. The van der Waals surface area contributed by atoms with Crippen molar-refractivity contribution in [3.05, 3.63) is 35.9 Å². The Bertz CT molecular complexity index is 315. The minimum Gasteiger partial charge on any atom is -0.349 e. The molecule has 0 N–H and O–H groups in total. The molecule has 0 aliphatic heterocycles. The van der Waals surface area contributed by atoms with Crippen LogP contribution in [0.5, 0.6) is 0 Å². The van der Waals surface area contributed by atoms with Gasteiger partial charge in [-0.15, -0.1) is 0 Å². The maximum absolute atomic E-state index is 11.2. The quantitative estimate of drug-likeness (QED) is 0.695. The molecule has 0 bridgehead atoms. The third-order valence-corrected chi connectivity index (χ3v) is 2.35. The molecule has 0 atom stereocenters. The lowest BCUT2D eigenvalue weighted by atomic mass is 10.0. The molecule has 1 rings (SSSR count). The third kappa shape index (κ3) is 2.64. The topological polar surface area (TPSA) is 35.5 Å². The molecule has 0 aromatic heterocycles. The van der Waals surface area contributed by atoms with E-state index in [4.69, 9.17) is 9.47 Å². The fraction of sp³-hybridized carbons (Fsp3) is 0.417. The Labute approximate surface area is 90.0 Å². The predicted octanol–water partition coefficient (Wildman–Crippen LogP) is 2.11. The SMILES string of the molecule is COC(CC(C)=O)(OC)c1ccccc1. The molecule has 15 heavy (non-hydrogen) atoms. The van der Waals surface area contributed by atoms with Crippen LogP contribution in [0, 0.1) is 0 Å². The van der Waals surface area contributed by atoms with Gasteiger partial charge in [-0.2, -0.15) is 0 Å². The van der Waals surface area contributed by atoms with Crippen LogP contribution in [0.4, 0.5) is 0 Å². The van der Waals surface area contributed by atoms with Gasteiger partial charge in [0.2, 0.25) is 5.79 Å². The van der Waals surface area contributed by atoms with Crippen molar-refractivity contribution in [3.63, 3.8) is 0 Å². The van der Waals surface area contributed by atoms with Gasteiger partial charge in [0.05, 0.1) is 6.42 Å². The third-order valence-electron chi connectivity index (χ3n) is 2.35. The van der Waals surface area contributed by atoms with Crippen molar-refractivity contribution >= 4 is 5.78 Å². The number of hydrogen-bond donors (Lipinski definition) is 0. The van der Waals surface area contributed by atoms with Gasteiger partial charge in [-0.1, -0.05) is 30.3 Å². The largest absolute Gasteiger partial charge is 0.349 e. The van der Waals surface area contributed by atoms with Crippen molar-refractivity contribution in [2.24, 2.45) is 0 Å². The number of benzene rings is 1. The molecule has 0 aliphatic carbocycles. The fourth-order valence-electron chi connectivity index (χ4n) is 1.59. The number of ether oxygens (including phenoxy) is 2. The van der Waals surface area contributed by atoms with Gasteiger partial charge in [0.1, 0.15) is 5.78 Å². The Hall–Kier alpha value is -1.19. The summed E-state index contributed by atoms with van der Waals surface area (Å²) in [6.07, 6.45) is 0.212. The number of methoxy groups -OCH3 is 2. The molecule has 0 saturated carbocycles. The lowest BCUT2D eigenvalue weighted by Gasteiger charge is -2.30. The average molecular weight is 208 g/mol. The van der Waals surface area contributed by atoms with E-state index in [1.807, 2.05) is 30.3 Å². The van der Waals surface area contributed by atoms with Gasteiger partial charge in [0.15, 0.2) is 0 Å². The maximum atomic E-state index is 11.2. The highest BCUT2D eigenvalue weighted by molar-refractivity contribution is 5.76. The van der Waals surface area contributed by atoms with Gasteiger partial charge in [0, 0.05) is 19.8 Å². The molecule has 0 fully saturated rings. The summed E-state index contributed by atoms with van der Waals surface area (Å²) in [5, 5.41) is 0. The number of rotatable bonds is 5. The van der Waals surface area contributed by atoms with Crippen molar-refractivity contribution in [2.45, 2.75) is 19.1 Å². The number of ketones is 1. The van der Waals surface area contributed by atoms with Crippen LogP contribution in [-0.4, -0.2) is 20.0 Å². The monoisotopic (exact) mass is 208 g/mol. The zero-order valence-electron chi connectivity index (χ0n) is 9.32. The van der Waals surface area contributed by atoms with Crippen molar-refractivity contribution in [1.29, 1.82) is 0 Å². The number of carbonyl (C=O) groups excluding carboxylic acids is 1. The second-order valence-electron chi connectivity index (χ2n) is 3.41. The highest BCUT2D eigenvalue weighted by atomic mass is 16.7. The van der Waals surface area contributed by atoms with E-state index in [9.17, 15) is 4.79 Å².